The lowest BCUT2D eigenvalue weighted by atomic mass is 9.94. The van der Waals surface area contributed by atoms with Crippen LogP contribution in [0.2, 0.25) is 0 Å². The lowest BCUT2D eigenvalue weighted by Gasteiger charge is -2.20. The minimum absolute atomic E-state index is 0.207. The van der Waals surface area contributed by atoms with E-state index in [9.17, 15) is 5.11 Å². The fourth-order valence-corrected chi connectivity index (χ4v) is 3.12. The molecule has 1 atom stereocenters. The maximum absolute atomic E-state index is 9.30. The molecular weight excluding hydrogens is 368 g/mol. The van der Waals surface area contributed by atoms with E-state index in [2.05, 4.69) is 44.7 Å². The lowest BCUT2D eigenvalue weighted by Crippen LogP contribution is -2.40. The maximum Gasteiger partial charge on any atom is 0.191 e. The van der Waals surface area contributed by atoms with Gasteiger partial charge < -0.3 is 20.5 Å². The number of guanidine groups is 1. The zero-order chi connectivity index (χ0) is 21.1. The first kappa shape index (κ1) is 22.7. The van der Waals surface area contributed by atoms with Crippen molar-refractivity contribution in [1.29, 1.82) is 0 Å². The number of hydrogen-bond donors (Lipinski definition) is 4. The van der Waals surface area contributed by atoms with Gasteiger partial charge in [-0.2, -0.15) is 5.10 Å². The number of methoxy groups -OCH3 is 1. The summed E-state index contributed by atoms with van der Waals surface area (Å²) in [4.78, 5) is 9.14. The summed E-state index contributed by atoms with van der Waals surface area (Å²) in [5, 5.41) is 23.2. The Kier molecular flexibility index (Phi) is 9.43. The number of nitrogens with one attached hydrogen (secondary N) is 3. The summed E-state index contributed by atoms with van der Waals surface area (Å²) < 4.78 is 5.18. The van der Waals surface area contributed by atoms with Crippen molar-refractivity contribution in [3.63, 3.8) is 0 Å². The highest BCUT2D eigenvalue weighted by molar-refractivity contribution is 5.79. The summed E-state index contributed by atoms with van der Waals surface area (Å²) in [7, 11) is 1.64. The molecule has 8 heteroatoms. The fourth-order valence-electron chi connectivity index (χ4n) is 3.12. The summed E-state index contributed by atoms with van der Waals surface area (Å²) >= 11 is 0. The molecule has 0 bridgehead atoms. The van der Waals surface area contributed by atoms with Gasteiger partial charge >= 0.3 is 0 Å². The van der Waals surface area contributed by atoms with Crippen molar-refractivity contribution in [2.45, 2.75) is 40.2 Å². The van der Waals surface area contributed by atoms with E-state index in [0.717, 1.165) is 43.2 Å². The van der Waals surface area contributed by atoms with E-state index >= 15 is 0 Å². The topological polar surface area (TPSA) is 107 Å². The van der Waals surface area contributed by atoms with Crippen molar-refractivity contribution >= 4 is 5.96 Å². The second-order valence-electron chi connectivity index (χ2n) is 7.42. The van der Waals surface area contributed by atoms with Crippen LogP contribution in [0.5, 0.6) is 5.75 Å². The number of H-pyrrole nitrogens is 1. The Morgan fingerprint density at radius 2 is 2.00 bits per heavy atom. The van der Waals surface area contributed by atoms with Gasteiger partial charge in [0.1, 0.15) is 18.1 Å². The number of aliphatic hydroxyl groups is 1. The molecule has 0 aliphatic rings. The molecule has 8 nitrogen and oxygen atoms in total. The first-order valence-electron chi connectivity index (χ1n) is 10.2. The van der Waals surface area contributed by atoms with Crippen LogP contribution in [-0.4, -0.2) is 53.1 Å². The molecule has 2 rings (SSSR count). The van der Waals surface area contributed by atoms with Gasteiger partial charge in [0.05, 0.1) is 7.11 Å². The molecule has 29 heavy (non-hydrogen) atoms. The monoisotopic (exact) mass is 402 g/mol. The summed E-state index contributed by atoms with van der Waals surface area (Å²) in [5.74, 6) is 3.88. The van der Waals surface area contributed by atoms with Crippen molar-refractivity contribution in [3.8, 4) is 17.1 Å². The molecule has 0 saturated carbocycles. The molecule has 0 radical (unpaired) electrons. The Balaban J connectivity index is 1.97. The zero-order valence-electron chi connectivity index (χ0n) is 17.9. The van der Waals surface area contributed by atoms with E-state index in [-0.39, 0.29) is 6.61 Å². The van der Waals surface area contributed by atoms with Crippen molar-refractivity contribution in [3.05, 3.63) is 30.1 Å². The highest BCUT2D eigenvalue weighted by atomic mass is 16.5. The standard InChI is InChI=1S/C21H34N6O2/c1-5-22-21(23-13-16(10-11-28)12-15(2)3)24-14-19-25-20(27-26-19)17-6-8-18(29-4)9-7-17/h6-9,15-16,28H,5,10-14H2,1-4H3,(H2,22,23,24)(H,25,26,27). The third kappa shape index (κ3) is 7.73. The molecule has 1 unspecified atom stereocenters. The van der Waals surface area contributed by atoms with Crippen LogP contribution in [-0.2, 0) is 6.54 Å². The second-order valence-corrected chi connectivity index (χ2v) is 7.42. The number of hydrogen-bond acceptors (Lipinski definition) is 5. The predicted octanol–water partition coefficient (Wildman–Crippen LogP) is 2.58. The van der Waals surface area contributed by atoms with E-state index in [1.165, 1.54) is 0 Å². The molecule has 0 fully saturated rings. The van der Waals surface area contributed by atoms with Crippen molar-refractivity contribution in [2.24, 2.45) is 16.8 Å². The average Bonchev–Trinajstić information content (AvgIpc) is 3.19. The van der Waals surface area contributed by atoms with Crippen LogP contribution < -0.4 is 15.4 Å². The molecule has 1 aromatic carbocycles. The molecule has 1 heterocycles. The first-order chi connectivity index (χ1) is 14.0. The number of aromatic nitrogens is 3. The minimum Gasteiger partial charge on any atom is -0.497 e. The molecular formula is C21H34N6O2. The van der Waals surface area contributed by atoms with E-state index in [1.807, 2.05) is 31.2 Å². The van der Waals surface area contributed by atoms with Gasteiger partial charge in [-0.15, -0.1) is 0 Å². The zero-order valence-corrected chi connectivity index (χ0v) is 17.9. The van der Waals surface area contributed by atoms with Crippen LogP contribution in [0.25, 0.3) is 11.4 Å². The lowest BCUT2D eigenvalue weighted by molar-refractivity contribution is 0.243. The second kappa shape index (κ2) is 12.1. The van der Waals surface area contributed by atoms with Gasteiger partial charge in [-0.25, -0.2) is 9.98 Å². The SMILES string of the molecule is CCNC(=NCc1nc(-c2ccc(OC)cc2)n[nH]1)NCC(CCO)CC(C)C. The van der Waals surface area contributed by atoms with Gasteiger partial charge in [0.25, 0.3) is 0 Å². The number of benzene rings is 1. The Labute approximate surface area is 173 Å². The number of ether oxygens (including phenoxy) is 1. The van der Waals surface area contributed by atoms with Crippen LogP contribution >= 0.6 is 0 Å². The van der Waals surface area contributed by atoms with E-state index in [4.69, 9.17) is 4.74 Å². The summed E-state index contributed by atoms with van der Waals surface area (Å²) in [5.41, 5.74) is 0.919. The normalized spacial score (nSPS) is 12.8. The summed E-state index contributed by atoms with van der Waals surface area (Å²) in [6.45, 7) is 8.59. The van der Waals surface area contributed by atoms with Gasteiger partial charge in [-0.1, -0.05) is 13.8 Å². The molecule has 0 aliphatic carbocycles. The average molecular weight is 403 g/mol. The largest absolute Gasteiger partial charge is 0.497 e. The highest BCUT2D eigenvalue weighted by Gasteiger charge is 2.12. The smallest absolute Gasteiger partial charge is 0.191 e. The Bertz CT molecular complexity index is 742. The summed E-state index contributed by atoms with van der Waals surface area (Å²) in [6, 6.07) is 7.63. The number of nitrogens with zero attached hydrogens (tertiary/aromatic N) is 3. The molecule has 4 N–H and O–H groups in total. The van der Waals surface area contributed by atoms with E-state index < -0.39 is 0 Å². The Morgan fingerprint density at radius 1 is 1.24 bits per heavy atom. The molecule has 2 aromatic rings. The van der Waals surface area contributed by atoms with Crippen molar-refractivity contribution in [1.82, 2.24) is 25.8 Å². The molecule has 1 aromatic heterocycles. The van der Waals surface area contributed by atoms with Crippen LogP contribution in [0.15, 0.2) is 29.3 Å². The Morgan fingerprint density at radius 3 is 2.62 bits per heavy atom. The third-order valence-electron chi connectivity index (χ3n) is 4.51. The number of aromatic amines is 1. The van der Waals surface area contributed by atoms with E-state index in [1.54, 1.807) is 7.11 Å². The highest BCUT2D eigenvalue weighted by Crippen LogP contribution is 2.19. The molecule has 0 spiro atoms. The minimum atomic E-state index is 0.207. The number of aliphatic hydroxyl groups excluding tert-OH is 1. The van der Waals surface area contributed by atoms with Gasteiger partial charge in [0, 0.05) is 25.3 Å². The predicted molar refractivity (Wildman–Crippen MR) is 116 cm³/mol. The summed E-state index contributed by atoms with van der Waals surface area (Å²) in [6.07, 6.45) is 1.86. The van der Waals surface area contributed by atoms with Gasteiger partial charge in [-0.05, 0) is 55.9 Å². The van der Waals surface area contributed by atoms with Crippen LogP contribution in [0.4, 0.5) is 0 Å². The number of rotatable bonds is 11. The van der Waals surface area contributed by atoms with Gasteiger partial charge in [0.2, 0.25) is 0 Å². The molecule has 0 amide bonds. The van der Waals surface area contributed by atoms with Crippen molar-refractivity contribution in [2.75, 3.05) is 26.8 Å². The number of aliphatic imine (C=N–C) groups is 1. The quantitative estimate of drug-likeness (QED) is 0.340. The first-order valence-corrected chi connectivity index (χ1v) is 10.2. The molecule has 0 aliphatic heterocycles. The molecule has 160 valence electrons. The third-order valence-corrected chi connectivity index (χ3v) is 4.51. The van der Waals surface area contributed by atoms with Crippen LogP contribution in [0.3, 0.4) is 0 Å². The van der Waals surface area contributed by atoms with Gasteiger partial charge in [-0.3, -0.25) is 5.10 Å². The van der Waals surface area contributed by atoms with Gasteiger partial charge in [0.15, 0.2) is 11.8 Å². The molecule has 0 saturated heterocycles. The maximum atomic E-state index is 9.30. The van der Waals surface area contributed by atoms with E-state index in [0.29, 0.717) is 30.0 Å². The van der Waals surface area contributed by atoms with Crippen LogP contribution in [0, 0.1) is 11.8 Å². The van der Waals surface area contributed by atoms with Crippen molar-refractivity contribution < 1.29 is 9.84 Å². The van der Waals surface area contributed by atoms with Crippen LogP contribution in [0.1, 0.15) is 39.4 Å². The Hall–Kier alpha value is -2.61. The fraction of sp³-hybridized carbons (Fsp3) is 0.571.